The highest BCUT2D eigenvalue weighted by Gasteiger charge is 2.40. The van der Waals surface area contributed by atoms with E-state index in [1.165, 1.54) is 0 Å². The molecule has 0 aliphatic carbocycles. The Hall–Kier alpha value is -1.85. The number of rotatable bonds is 3. The maximum atomic E-state index is 12.5. The Bertz CT molecular complexity index is 750. The summed E-state index contributed by atoms with van der Waals surface area (Å²) in [5.74, 6) is 0.895. The van der Waals surface area contributed by atoms with Gasteiger partial charge >= 0.3 is 5.91 Å². The van der Waals surface area contributed by atoms with Crippen molar-refractivity contribution >= 4 is 17.5 Å². The highest BCUT2D eigenvalue weighted by Crippen LogP contribution is 2.32. The second kappa shape index (κ2) is 6.22. The molecule has 2 bridgehead atoms. The van der Waals surface area contributed by atoms with E-state index < -0.39 is 0 Å². The normalized spacial score (nSPS) is 28.8. The lowest BCUT2D eigenvalue weighted by Gasteiger charge is -2.49. The van der Waals surface area contributed by atoms with E-state index in [-0.39, 0.29) is 17.8 Å². The fourth-order valence-electron chi connectivity index (χ4n) is 3.92. The molecule has 5 nitrogen and oxygen atoms in total. The number of oxazole rings is 1. The molecular formula is C18H20ClN3O2. The number of hydrogen-bond donors (Lipinski definition) is 1. The van der Waals surface area contributed by atoms with Crippen molar-refractivity contribution in [3.05, 3.63) is 41.4 Å². The summed E-state index contributed by atoms with van der Waals surface area (Å²) >= 11 is 6.17. The number of benzene rings is 1. The molecule has 1 amide bonds. The third-order valence-electron chi connectivity index (χ3n) is 5.31. The molecule has 1 aromatic heterocycles. The molecule has 1 aromatic carbocycles. The van der Waals surface area contributed by atoms with E-state index in [1.807, 2.05) is 18.2 Å². The maximum absolute atomic E-state index is 12.5. The molecular weight excluding hydrogens is 326 g/mol. The van der Waals surface area contributed by atoms with Crippen LogP contribution in [0.1, 0.15) is 30.5 Å². The highest BCUT2D eigenvalue weighted by molar-refractivity contribution is 6.33. The number of aromatic nitrogens is 1. The first-order valence-corrected chi connectivity index (χ1v) is 8.77. The zero-order valence-corrected chi connectivity index (χ0v) is 14.3. The summed E-state index contributed by atoms with van der Waals surface area (Å²) < 4.78 is 5.65. The zero-order valence-electron chi connectivity index (χ0n) is 13.5. The molecule has 0 unspecified atom stereocenters. The Labute approximate surface area is 146 Å². The average Bonchev–Trinajstić information content (AvgIpc) is 3.09. The van der Waals surface area contributed by atoms with Gasteiger partial charge in [0, 0.05) is 17.6 Å². The third kappa shape index (κ3) is 2.72. The summed E-state index contributed by atoms with van der Waals surface area (Å²) in [5.41, 5.74) is 0.738. The molecule has 0 saturated carbocycles. The van der Waals surface area contributed by atoms with Crippen LogP contribution in [0, 0.1) is 5.92 Å². The summed E-state index contributed by atoms with van der Waals surface area (Å²) in [6.45, 7) is 4.45. The van der Waals surface area contributed by atoms with Crippen LogP contribution in [0.4, 0.5) is 0 Å². The van der Waals surface area contributed by atoms with Crippen molar-refractivity contribution in [2.24, 2.45) is 5.92 Å². The van der Waals surface area contributed by atoms with Crippen LogP contribution in [0.25, 0.3) is 11.3 Å². The van der Waals surface area contributed by atoms with Crippen molar-refractivity contribution in [2.75, 3.05) is 13.1 Å². The first-order valence-electron chi connectivity index (χ1n) is 8.39. The Morgan fingerprint density at radius 2 is 2.08 bits per heavy atom. The third-order valence-corrected chi connectivity index (χ3v) is 5.64. The van der Waals surface area contributed by atoms with Gasteiger partial charge in [0.05, 0.1) is 11.2 Å². The molecule has 5 rings (SSSR count). The number of hydrogen-bond acceptors (Lipinski definition) is 4. The van der Waals surface area contributed by atoms with Gasteiger partial charge in [0.15, 0.2) is 5.76 Å². The smallest absolute Gasteiger partial charge is 0.307 e. The van der Waals surface area contributed by atoms with Crippen molar-refractivity contribution in [3.8, 4) is 11.3 Å². The van der Waals surface area contributed by atoms with Gasteiger partial charge in [0.2, 0.25) is 0 Å². The van der Waals surface area contributed by atoms with Crippen LogP contribution < -0.4 is 5.32 Å². The predicted octanol–water partition coefficient (Wildman–Crippen LogP) is 3.21. The Morgan fingerprint density at radius 3 is 2.79 bits per heavy atom. The molecule has 0 spiro atoms. The maximum Gasteiger partial charge on any atom is 0.307 e. The second-order valence-corrected chi connectivity index (χ2v) is 7.03. The van der Waals surface area contributed by atoms with Crippen LogP contribution in [0.3, 0.4) is 0 Å². The molecule has 4 heterocycles. The number of halogens is 1. The van der Waals surface area contributed by atoms with Gasteiger partial charge in [-0.25, -0.2) is 4.98 Å². The fraction of sp³-hybridized carbons (Fsp3) is 0.444. The first-order chi connectivity index (χ1) is 11.6. The standard InChI is InChI=1S/C18H20ClN3O2/c1-11-16(12-6-8-22(11)9-7-12)21-17(23)18-20-10-15(24-18)13-4-2-3-5-14(13)19/h2-5,10-12,16H,6-9H2,1H3,(H,21,23)/t11-,16-/m0/s1. The number of nitrogens with zero attached hydrogens (tertiary/aromatic N) is 2. The molecule has 3 aliphatic rings. The van der Waals surface area contributed by atoms with E-state index in [9.17, 15) is 4.79 Å². The lowest BCUT2D eigenvalue weighted by molar-refractivity contribution is 0.0210. The van der Waals surface area contributed by atoms with Gasteiger partial charge in [-0.15, -0.1) is 0 Å². The van der Waals surface area contributed by atoms with Crippen LogP contribution in [0.15, 0.2) is 34.9 Å². The number of nitrogens with one attached hydrogen (secondary N) is 1. The van der Waals surface area contributed by atoms with Crippen molar-refractivity contribution < 1.29 is 9.21 Å². The fourth-order valence-corrected chi connectivity index (χ4v) is 4.15. The van der Waals surface area contributed by atoms with E-state index in [0.29, 0.717) is 22.7 Å². The molecule has 1 N–H and O–H groups in total. The molecule has 126 valence electrons. The monoisotopic (exact) mass is 345 g/mol. The highest BCUT2D eigenvalue weighted by atomic mass is 35.5. The molecule has 0 radical (unpaired) electrons. The number of carbonyl (C=O) groups excluding carboxylic acids is 1. The SMILES string of the molecule is C[C@H]1[C@H](NC(=O)c2ncc(-c3ccccc3Cl)o2)C2CCN1CC2. The van der Waals surface area contributed by atoms with Crippen LogP contribution >= 0.6 is 11.6 Å². The summed E-state index contributed by atoms with van der Waals surface area (Å²) in [6.07, 6.45) is 3.84. The van der Waals surface area contributed by atoms with E-state index in [2.05, 4.69) is 22.1 Å². The molecule has 2 aromatic rings. The topological polar surface area (TPSA) is 58.4 Å². The molecule has 3 saturated heterocycles. The molecule has 3 fully saturated rings. The number of piperidine rings is 3. The van der Waals surface area contributed by atoms with E-state index in [1.54, 1.807) is 12.3 Å². The number of amides is 1. The van der Waals surface area contributed by atoms with Gasteiger partial charge in [0.1, 0.15) is 0 Å². The van der Waals surface area contributed by atoms with Crippen molar-refractivity contribution in [1.82, 2.24) is 15.2 Å². The lowest BCUT2D eigenvalue weighted by atomic mass is 9.79. The summed E-state index contributed by atoms with van der Waals surface area (Å²) in [7, 11) is 0. The van der Waals surface area contributed by atoms with Gasteiger partial charge in [-0.2, -0.15) is 0 Å². The largest absolute Gasteiger partial charge is 0.432 e. The molecule has 24 heavy (non-hydrogen) atoms. The second-order valence-electron chi connectivity index (χ2n) is 6.62. The van der Waals surface area contributed by atoms with Gasteiger partial charge in [-0.05, 0) is 50.9 Å². The average molecular weight is 346 g/mol. The first kappa shape index (κ1) is 15.7. The quantitative estimate of drug-likeness (QED) is 0.928. The zero-order chi connectivity index (χ0) is 16.7. The van der Waals surface area contributed by atoms with Crippen LogP contribution in [0.5, 0.6) is 0 Å². The summed E-state index contributed by atoms with van der Waals surface area (Å²) in [4.78, 5) is 19.1. The minimum atomic E-state index is -0.251. The minimum absolute atomic E-state index is 0.0913. The predicted molar refractivity (Wildman–Crippen MR) is 92.0 cm³/mol. The van der Waals surface area contributed by atoms with Crippen molar-refractivity contribution in [2.45, 2.75) is 31.8 Å². The Morgan fingerprint density at radius 1 is 1.33 bits per heavy atom. The van der Waals surface area contributed by atoms with Crippen LogP contribution in [-0.2, 0) is 0 Å². The molecule has 3 aliphatic heterocycles. The van der Waals surface area contributed by atoms with Crippen LogP contribution in [0.2, 0.25) is 5.02 Å². The lowest BCUT2D eigenvalue weighted by Crippen LogP contribution is -2.62. The minimum Gasteiger partial charge on any atom is -0.432 e. The Kier molecular flexibility index (Phi) is 4.06. The van der Waals surface area contributed by atoms with Crippen molar-refractivity contribution in [3.63, 3.8) is 0 Å². The van der Waals surface area contributed by atoms with Gasteiger partial charge in [-0.1, -0.05) is 23.7 Å². The molecule has 6 heteroatoms. The molecule has 2 atom stereocenters. The van der Waals surface area contributed by atoms with Gasteiger partial charge in [-0.3, -0.25) is 9.69 Å². The summed E-state index contributed by atoms with van der Waals surface area (Å²) in [5, 5.41) is 3.70. The van der Waals surface area contributed by atoms with Crippen LogP contribution in [-0.4, -0.2) is 41.0 Å². The summed E-state index contributed by atoms with van der Waals surface area (Å²) in [6, 6.07) is 7.88. The number of carbonyl (C=O) groups is 1. The number of fused-ring (bicyclic) bond motifs is 3. The van der Waals surface area contributed by atoms with E-state index >= 15 is 0 Å². The van der Waals surface area contributed by atoms with E-state index in [0.717, 1.165) is 31.5 Å². The van der Waals surface area contributed by atoms with Gasteiger partial charge in [0.25, 0.3) is 5.89 Å². The Balaban J connectivity index is 1.51. The van der Waals surface area contributed by atoms with E-state index in [4.69, 9.17) is 16.0 Å². The van der Waals surface area contributed by atoms with Gasteiger partial charge < -0.3 is 9.73 Å². The van der Waals surface area contributed by atoms with Crippen molar-refractivity contribution in [1.29, 1.82) is 0 Å².